The van der Waals surface area contributed by atoms with E-state index in [1.165, 1.54) is 31.4 Å². The Labute approximate surface area is 179 Å². The number of benzene rings is 2. The molecular formula is C23H24O8. The average Bonchev–Trinajstić information content (AvgIpc) is 2.79. The lowest BCUT2D eigenvalue weighted by atomic mass is 9.87. The van der Waals surface area contributed by atoms with Gasteiger partial charge in [-0.1, -0.05) is 12.1 Å². The van der Waals surface area contributed by atoms with Gasteiger partial charge in [0.25, 0.3) is 0 Å². The van der Waals surface area contributed by atoms with Gasteiger partial charge in [0.05, 0.1) is 30.3 Å². The Bertz CT molecular complexity index is 912. The van der Waals surface area contributed by atoms with Crippen LogP contribution in [0, 0.1) is 5.92 Å². The van der Waals surface area contributed by atoms with Gasteiger partial charge in [0.2, 0.25) is 0 Å². The summed E-state index contributed by atoms with van der Waals surface area (Å²) in [5, 5.41) is 19.4. The molecule has 1 aliphatic carbocycles. The number of ether oxygens (including phenoxy) is 3. The summed E-state index contributed by atoms with van der Waals surface area (Å²) in [6.45, 7) is 0. The number of aliphatic hydroxyl groups excluding tert-OH is 1. The van der Waals surface area contributed by atoms with Crippen molar-refractivity contribution in [3.63, 3.8) is 0 Å². The van der Waals surface area contributed by atoms with Crippen LogP contribution in [0.1, 0.15) is 58.3 Å². The third-order valence-electron chi connectivity index (χ3n) is 5.26. The summed E-state index contributed by atoms with van der Waals surface area (Å²) in [6, 6.07) is 12.2. The Morgan fingerprint density at radius 2 is 1.42 bits per heavy atom. The van der Waals surface area contributed by atoms with Crippen LogP contribution in [-0.2, 0) is 14.3 Å². The molecule has 164 valence electrons. The zero-order valence-electron chi connectivity index (χ0n) is 17.0. The number of aliphatic hydroxyl groups is 1. The Balaban J connectivity index is 1.53. The topological polar surface area (TPSA) is 119 Å². The minimum absolute atomic E-state index is 0.198. The van der Waals surface area contributed by atoms with Gasteiger partial charge in [-0.3, -0.25) is 4.79 Å². The van der Waals surface area contributed by atoms with Gasteiger partial charge in [-0.25, -0.2) is 9.59 Å². The normalized spacial score (nSPS) is 19.3. The standard InChI is InChI=1S/C23H24O8/c1-29-21(26)15-2-4-16(5-3-15)22(27)31-19-12-8-17(9-13-19)23(28)30-18-10-6-14(7-11-18)20(24)25/h2-5,8-9,12-14,18,23,28H,6-7,10-11H2,1H3,(H,24,25). The number of hydrogen-bond acceptors (Lipinski definition) is 7. The zero-order valence-corrected chi connectivity index (χ0v) is 17.0. The van der Waals surface area contributed by atoms with E-state index in [1.54, 1.807) is 24.3 Å². The molecule has 0 heterocycles. The van der Waals surface area contributed by atoms with E-state index in [0.717, 1.165) is 0 Å². The second-order valence-electron chi connectivity index (χ2n) is 7.33. The monoisotopic (exact) mass is 428 g/mol. The highest BCUT2D eigenvalue weighted by atomic mass is 16.6. The zero-order chi connectivity index (χ0) is 22.4. The second kappa shape index (κ2) is 10.2. The third kappa shape index (κ3) is 5.90. The lowest BCUT2D eigenvalue weighted by molar-refractivity contribution is -0.157. The second-order valence-corrected chi connectivity index (χ2v) is 7.33. The van der Waals surface area contributed by atoms with Crippen molar-refractivity contribution in [2.45, 2.75) is 38.1 Å². The molecule has 1 fully saturated rings. The number of methoxy groups -OCH3 is 1. The maximum Gasteiger partial charge on any atom is 0.343 e. The van der Waals surface area contributed by atoms with Crippen molar-refractivity contribution in [3.8, 4) is 5.75 Å². The number of hydrogen-bond donors (Lipinski definition) is 2. The van der Waals surface area contributed by atoms with Crippen LogP contribution in [0.4, 0.5) is 0 Å². The molecule has 0 spiro atoms. The molecule has 2 aromatic carbocycles. The smallest absolute Gasteiger partial charge is 0.343 e. The molecule has 2 aromatic rings. The molecule has 2 N–H and O–H groups in total. The summed E-state index contributed by atoms with van der Waals surface area (Å²) in [7, 11) is 1.28. The van der Waals surface area contributed by atoms with Crippen LogP contribution in [0.5, 0.6) is 5.75 Å². The van der Waals surface area contributed by atoms with Crippen molar-refractivity contribution in [3.05, 3.63) is 65.2 Å². The number of esters is 2. The Morgan fingerprint density at radius 3 is 1.94 bits per heavy atom. The van der Waals surface area contributed by atoms with E-state index in [2.05, 4.69) is 4.74 Å². The molecule has 3 rings (SSSR count). The first-order valence-corrected chi connectivity index (χ1v) is 9.94. The van der Waals surface area contributed by atoms with E-state index in [-0.39, 0.29) is 17.6 Å². The first kappa shape index (κ1) is 22.5. The summed E-state index contributed by atoms with van der Waals surface area (Å²) in [5.74, 6) is -1.92. The quantitative estimate of drug-likeness (QED) is 0.391. The van der Waals surface area contributed by atoms with Gasteiger partial charge in [0.1, 0.15) is 5.75 Å². The summed E-state index contributed by atoms with van der Waals surface area (Å²) in [5.41, 5.74) is 1.11. The van der Waals surface area contributed by atoms with E-state index >= 15 is 0 Å². The van der Waals surface area contributed by atoms with E-state index in [9.17, 15) is 19.5 Å². The van der Waals surface area contributed by atoms with Crippen molar-refractivity contribution >= 4 is 17.9 Å². The minimum Gasteiger partial charge on any atom is -0.481 e. The molecule has 1 saturated carbocycles. The molecule has 1 aliphatic rings. The molecule has 1 unspecified atom stereocenters. The molecule has 0 aliphatic heterocycles. The van der Waals surface area contributed by atoms with Gasteiger partial charge in [-0.15, -0.1) is 0 Å². The van der Waals surface area contributed by atoms with Crippen LogP contribution >= 0.6 is 0 Å². The molecule has 1 atom stereocenters. The van der Waals surface area contributed by atoms with Gasteiger partial charge >= 0.3 is 17.9 Å². The highest BCUT2D eigenvalue weighted by molar-refractivity contribution is 5.94. The lowest BCUT2D eigenvalue weighted by Gasteiger charge is -2.28. The maximum atomic E-state index is 12.3. The fraction of sp³-hybridized carbons (Fsp3) is 0.348. The fourth-order valence-electron chi connectivity index (χ4n) is 3.43. The lowest BCUT2D eigenvalue weighted by Crippen LogP contribution is -2.27. The minimum atomic E-state index is -1.15. The van der Waals surface area contributed by atoms with Crippen LogP contribution in [0.2, 0.25) is 0 Å². The number of carbonyl (C=O) groups excluding carboxylic acids is 2. The molecule has 0 saturated heterocycles. The van der Waals surface area contributed by atoms with Crippen molar-refractivity contribution in [1.29, 1.82) is 0 Å². The molecule has 31 heavy (non-hydrogen) atoms. The van der Waals surface area contributed by atoms with Crippen molar-refractivity contribution in [2.24, 2.45) is 5.92 Å². The molecule has 8 heteroatoms. The number of carboxylic acid groups (broad SMARTS) is 1. The number of aliphatic carboxylic acids is 1. The summed E-state index contributed by atoms with van der Waals surface area (Å²) >= 11 is 0. The van der Waals surface area contributed by atoms with E-state index in [1.807, 2.05) is 0 Å². The fourth-order valence-corrected chi connectivity index (χ4v) is 3.43. The largest absolute Gasteiger partial charge is 0.481 e. The molecule has 0 bridgehead atoms. The van der Waals surface area contributed by atoms with E-state index < -0.39 is 24.2 Å². The van der Waals surface area contributed by atoms with Crippen LogP contribution in [0.25, 0.3) is 0 Å². The maximum absolute atomic E-state index is 12.3. The van der Waals surface area contributed by atoms with Crippen LogP contribution in [0.15, 0.2) is 48.5 Å². The predicted molar refractivity (Wildman–Crippen MR) is 109 cm³/mol. The number of rotatable bonds is 7. The predicted octanol–water partition coefficient (Wildman–Crippen LogP) is 3.34. The molecule has 0 aromatic heterocycles. The Hall–Kier alpha value is -3.23. The Morgan fingerprint density at radius 1 is 0.871 bits per heavy atom. The van der Waals surface area contributed by atoms with Gasteiger partial charge in [0.15, 0.2) is 6.29 Å². The highest BCUT2D eigenvalue weighted by Gasteiger charge is 2.28. The number of carboxylic acids is 1. The van der Waals surface area contributed by atoms with Crippen molar-refractivity contribution < 1.29 is 38.8 Å². The van der Waals surface area contributed by atoms with Gasteiger partial charge in [-0.2, -0.15) is 0 Å². The van der Waals surface area contributed by atoms with Crippen molar-refractivity contribution in [2.75, 3.05) is 7.11 Å². The van der Waals surface area contributed by atoms with Crippen LogP contribution in [0.3, 0.4) is 0 Å². The van der Waals surface area contributed by atoms with Crippen LogP contribution < -0.4 is 4.74 Å². The van der Waals surface area contributed by atoms with Gasteiger partial charge < -0.3 is 24.4 Å². The van der Waals surface area contributed by atoms with Crippen LogP contribution in [-0.4, -0.2) is 41.3 Å². The summed E-state index contributed by atoms with van der Waals surface area (Å²) < 4.78 is 15.6. The van der Waals surface area contributed by atoms with Gasteiger partial charge in [-0.05, 0) is 62.1 Å². The Kier molecular flexibility index (Phi) is 7.38. The van der Waals surface area contributed by atoms with Gasteiger partial charge in [0, 0.05) is 5.56 Å². The average molecular weight is 428 g/mol. The number of carbonyl (C=O) groups is 3. The van der Waals surface area contributed by atoms with E-state index in [0.29, 0.717) is 42.6 Å². The summed E-state index contributed by atoms with van der Waals surface area (Å²) in [6.07, 6.45) is 0.875. The SMILES string of the molecule is COC(=O)c1ccc(C(=O)Oc2ccc(C(O)OC3CCC(C(=O)O)CC3)cc2)cc1. The first-order chi connectivity index (χ1) is 14.9. The van der Waals surface area contributed by atoms with Crippen molar-refractivity contribution in [1.82, 2.24) is 0 Å². The molecule has 8 nitrogen and oxygen atoms in total. The first-order valence-electron chi connectivity index (χ1n) is 9.94. The molecule has 0 amide bonds. The molecular weight excluding hydrogens is 404 g/mol. The molecule has 0 radical (unpaired) electrons. The summed E-state index contributed by atoms with van der Waals surface area (Å²) in [4.78, 5) is 34.7. The van der Waals surface area contributed by atoms with E-state index in [4.69, 9.17) is 14.6 Å². The third-order valence-corrected chi connectivity index (χ3v) is 5.26. The highest BCUT2D eigenvalue weighted by Crippen LogP contribution is 2.30.